The van der Waals surface area contributed by atoms with Gasteiger partial charge in [0.2, 0.25) is 5.91 Å². The van der Waals surface area contributed by atoms with Gasteiger partial charge in [0.15, 0.2) is 16.6 Å². The maximum absolute atomic E-state index is 13.8. The molecule has 2 aliphatic heterocycles. The third kappa shape index (κ3) is 9.04. The van der Waals surface area contributed by atoms with E-state index in [0.29, 0.717) is 36.2 Å². The fourth-order valence-electron chi connectivity index (χ4n) is 6.82. The molecular weight excluding hydrogens is 650 g/mol. The number of aromatic nitrogens is 1. The molecule has 6 rings (SSSR count). The summed E-state index contributed by atoms with van der Waals surface area (Å²) in [7, 11) is -3.97. The van der Waals surface area contributed by atoms with Crippen LogP contribution >= 0.6 is 0 Å². The topological polar surface area (TPSA) is 160 Å². The molecule has 0 bridgehead atoms. The fourth-order valence-corrected chi connectivity index (χ4v) is 8.19. The molecule has 0 spiro atoms. The van der Waals surface area contributed by atoms with E-state index in [1.165, 1.54) is 12.3 Å². The molecule has 2 N–H and O–H groups in total. The lowest BCUT2D eigenvalue weighted by Crippen LogP contribution is -2.53. The number of benzene rings is 1. The molecule has 2 amide bonds. The van der Waals surface area contributed by atoms with Gasteiger partial charge in [0, 0.05) is 37.8 Å². The van der Waals surface area contributed by atoms with Crippen LogP contribution in [-0.2, 0) is 24.3 Å². The molecular formula is C35H45N5O8S. The van der Waals surface area contributed by atoms with Crippen molar-refractivity contribution in [1.29, 1.82) is 0 Å². The summed E-state index contributed by atoms with van der Waals surface area (Å²) in [6, 6.07) is 9.85. The van der Waals surface area contributed by atoms with E-state index in [1.54, 1.807) is 30.3 Å². The van der Waals surface area contributed by atoms with Gasteiger partial charge in [0.05, 0.1) is 25.8 Å². The summed E-state index contributed by atoms with van der Waals surface area (Å²) in [5, 5.41) is 6.31. The van der Waals surface area contributed by atoms with Crippen molar-refractivity contribution in [3.8, 4) is 5.75 Å². The number of carbonyl (C=O) groups is 3. The van der Waals surface area contributed by atoms with Crippen molar-refractivity contribution in [1.82, 2.24) is 24.8 Å². The summed E-state index contributed by atoms with van der Waals surface area (Å²) in [5.41, 5.74) is 0.522. The van der Waals surface area contributed by atoms with Crippen LogP contribution in [0.3, 0.4) is 0 Å². The van der Waals surface area contributed by atoms with E-state index in [0.717, 1.165) is 69.3 Å². The molecule has 3 aromatic rings. The van der Waals surface area contributed by atoms with Gasteiger partial charge in [0.25, 0.3) is 15.9 Å². The second-order valence-corrected chi connectivity index (χ2v) is 14.9. The van der Waals surface area contributed by atoms with E-state index in [2.05, 4.69) is 20.5 Å². The number of furan rings is 1. The molecule has 14 heteroatoms. The van der Waals surface area contributed by atoms with Crippen LogP contribution in [0.15, 0.2) is 58.1 Å². The zero-order valence-electron chi connectivity index (χ0n) is 27.7. The minimum atomic E-state index is -3.97. The summed E-state index contributed by atoms with van der Waals surface area (Å²) in [6.07, 6.45) is 7.67. The summed E-state index contributed by atoms with van der Waals surface area (Å²) in [5.74, 6) is -0.410. The van der Waals surface area contributed by atoms with Crippen LogP contribution in [-0.4, -0.2) is 105 Å². The number of Topliss-reactive ketones (excluding diaryl/α,β-unsaturated/α-hetero) is 1. The molecule has 3 fully saturated rings. The molecule has 3 aliphatic rings. The Morgan fingerprint density at radius 3 is 2.59 bits per heavy atom. The number of nitrogens with one attached hydrogen (secondary N) is 2. The third-order valence-electron chi connectivity index (χ3n) is 9.59. The van der Waals surface area contributed by atoms with Crippen LogP contribution in [0.4, 0.5) is 0 Å². The zero-order valence-corrected chi connectivity index (χ0v) is 28.5. The van der Waals surface area contributed by atoms with Crippen molar-refractivity contribution in [3.63, 3.8) is 0 Å². The van der Waals surface area contributed by atoms with Crippen molar-refractivity contribution in [2.45, 2.75) is 68.5 Å². The lowest BCUT2D eigenvalue weighted by atomic mass is 9.84. The number of pyridine rings is 1. The summed E-state index contributed by atoms with van der Waals surface area (Å²) < 4.78 is 44.6. The van der Waals surface area contributed by atoms with Crippen molar-refractivity contribution in [3.05, 3.63) is 54.4 Å². The molecule has 0 unspecified atom stereocenters. The molecule has 264 valence electrons. The molecule has 49 heavy (non-hydrogen) atoms. The molecule has 13 nitrogen and oxygen atoms in total. The average molecular weight is 696 g/mol. The van der Waals surface area contributed by atoms with Gasteiger partial charge in [-0.05, 0) is 61.6 Å². The van der Waals surface area contributed by atoms with Gasteiger partial charge in [-0.1, -0.05) is 38.2 Å². The van der Waals surface area contributed by atoms with Gasteiger partial charge in [-0.3, -0.25) is 19.3 Å². The first-order valence-corrected chi connectivity index (χ1v) is 18.7. The van der Waals surface area contributed by atoms with Crippen LogP contribution in [0, 0.1) is 5.92 Å². The first-order chi connectivity index (χ1) is 23.8. The highest BCUT2D eigenvalue weighted by atomic mass is 32.2. The molecule has 2 aromatic heterocycles. The molecule has 0 radical (unpaired) electrons. The van der Waals surface area contributed by atoms with Crippen molar-refractivity contribution >= 4 is 38.6 Å². The lowest BCUT2D eigenvalue weighted by molar-refractivity contribution is -0.129. The van der Waals surface area contributed by atoms with Gasteiger partial charge in [-0.15, -0.1) is 0 Å². The molecule has 2 saturated heterocycles. The van der Waals surface area contributed by atoms with E-state index in [4.69, 9.17) is 13.9 Å². The number of sulfonamides is 1. The van der Waals surface area contributed by atoms with E-state index < -0.39 is 39.7 Å². The normalized spacial score (nSPS) is 20.8. The highest BCUT2D eigenvalue weighted by Crippen LogP contribution is 2.29. The van der Waals surface area contributed by atoms with Crippen LogP contribution in [0.2, 0.25) is 0 Å². The number of rotatable bonds is 12. The Morgan fingerprint density at radius 1 is 1.00 bits per heavy atom. The number of hydrogen-bond acceptors (Lipinski definition) is 10. The number of ketones is 1. The van der Waals surface area contributed by atoms with Gasteiger partial charge < -0.3 is 24.5 Å². The molecule has 1 aromatic carbocycles. The maximum Gasteiger partial charge on any atom is 0.287 e. The van der Waals surface area contributed by atoms with Crippen molar-refractivity contribution in [2.75, 3.05) is 52.5 Å². The Labute approximate surface area is 286 Å². The van der Waals surface area contributed by atoms with Gasteiger partial charge >= 0.3 is 0 Å². The standard InChI is InChI=1S/C35H45N5O8S/c41-30-24-40(49(44,45)33-10-4-5-13-36-33)14-6-9-28(30)37-34(42)29(21-25-7-2-1-3-8-25)38-35(43)32-23-26-22-27(11-12-31(26)48-32)47-20-17-39-15-18-46-19-16-39/h4-5,10-13,22-23,25,28-29H,1-3,6-9,14-21,24H2,(H,37,42)(H,38,43)/t28-,29+/m1/s1. The van der Waals surface area contributed by atoms with Crippen LogP contribution < -0.4 is 15.4 Å². The van der Waals surface area contributed by atoms with E-state index in [-0.39, 0.29) is 36.2 Å². The Hall–Kier alpha value is -3.85. The number of amides is 2. The Kier molecular flexibility index (Phi) is 11.6. The Bertz CT molecular complexity index is 1700. The zero-order chi connectivity index (χ0) is 34.2. The van der Waals surface area contributed by atoms with E-state index in [1.807, 2.05) is 6.07 Å². The van der Waals surface area contributed by atoms with Crippen molar-refractivity contribution < 1.29 is 36.7 Å². The number of hydrogen-bond donors (Lipinski definition) is 2. The van der Waals surface area contributed by atoms with E-state index in [9.17, 15) is 22.8 Å². The second kappa shape index (κ2) is 16.2. The fraction of sp³-hybridized carbons (Fsp3) is 0.543. The SMILES string of the molecule is O=C(N[C@@H](CC1CCCCC1)C(=O)N[C@@H]1CCCN(S(=O)(=O)c2ccccn2)CC1=O)c1cc2cc(OCCN3CCOCC3)ccc2o1. The number of nitrogens with zero attached hydrogens (tertiary/aromatic N) is 3. The summed E-state index contributed by atoms with van der Waals surface area (Å²) in [6.45, 7) is 4.30. The average Bonchev–Trinajstić information content (AvgIpc) is 3.46. The maximum atomic E-state index is 13.8. The second-order valence-electron chi connectivity index (χ2n) is 13.1. The van der Waals surface area contributed by atoms with Crippen molar-refractivity contribution in [2.24, 2.45) is 5.92 Å². The minimum Gasteiger partial charge on any atom is -0.492 e. The summed E-state index contributed by atoms with van der Waals surface area (Å²) >= 11 is 0. The first kappa shape index (κ1) is 35.0. The number of ether oxygens (including phenoxy) is 2. The van der Waals surface area contributed by atoms with Crippen LogP contribution in [0.5, 0.6) is 5.75 Å². The number of morpholine rings is 1. The van der Waals surface area contributed by atoms with E-state index >= 15 is 0 Å². The predicted molar refractivity (Wildman–Crippen MR) is 181 cm³/mol. The van der Waals surface area contributed by atoms with Crippen LogP contribution in [0.1, 0.15) is 61.9 Å². The van der Waals surface area contributed by atoms with Gasteiger partial charge in [-0.25, -0.2) is 13.4 Å². The van der Waals surface area contributed by atoms with Gasteiger partial charge in [-0.2, -0.15) is 4.31 Å². The number of fused-ring (bicyclic) bond motifs is 1. The minimum absolute atomic E-state index is 0.0721. The predicted octanol–water partition coefficient (Wildman–Crippen LogP) is 3.15. The monoisotopic (exact) mass is 695 g/mol. The molecule has 1 saturated carbocycles. The van der Waals surface area contributed by atoms with Crippen LogP contribution in [0.25, 0.3) is 11.0 Å². The Morgan fingerprint density at radius 2 is 1.82 bits per heavy atom. The molecule has 2 atom stereocenters. The Balaban J connectivity index is 1.10. The number of carbonyl (C=O) groups excluding carboxylic acids is 3. The van der Waals surface area contributed by atoms with Gasteiger partial charge in [0.1, 0.15) is 24.0 Å². The quantitative estimate of drug-likeness (QED) is 0.288. The lowest BCUT2D eigenvalue weighted by Gasteiger charge is -2.27. The summed E-state index contributed by atoms with van der Waals surface area (Å²) in [4.78, 5) is 46.8. The first-order valence-electron chi connectivity index (χ1n) is 17.3. The molecule has 1 aliphatic carbocycles. The molecule has 4 heterocycles. The smallest absolute Gasteiger partial charge is 0.287 e. The highest BCUT2D eigenvalue weighted by Gasteiger charge is 2.35. The third-order valence-corrected chi connectivity index (χ3v) is 11.3. The highest BCUT2D eigenvalue weighted by molar-refractivity contribution is 7.89. The largest absolute Gasteiger partial charge is 0.492 e.